The average molecular weight is 336 g/mol. The normalized spacial score (nSPS) is 16.5. The van der Waals surface area contributed by atoms with Crippen LogP contribution in [-0.4, -0.2) is 35.6 Å². The van der Waals surface area contributed by atoms with Crippen LogP contribution in [0.3, 0.4) is 0 Å². The van der Waals surface area contributed by atoms with E-state index in [2.05, 4.69) is 5.32 Å². The number of rotatable bonds is 6. The SMILES string of the molecule is O=CNc1ccc(C(=O)N2CCC[C@@H]2CC(=O)c2ccccc2)cc1. The molecule has 1 N–H and O–H groups in total. The maximum absolute atomic E-state index is 12.8. The van der Waals surface area contributed by atoms with Crippen LogP contribution in [0.1, 0.15) is 40.0 Å². The largest absolute Gasteiger partial charge is 0.335 e. The molecule has 2 aromatic rings. The molecule has 3 rings (SSSR count). The summed E-state index contributed by atoms with van der Waals surface area (Å²) < 4.78 is 0. The van der Waals surface area contributed by atoms with Gasteiger partial charge in [0.2, 0.25) is 6.41 Å². The van der Waals surface area contributed by atoms with Crippen molar-refractivity contribution in [2.45, 2.75) is 25.3 Å². The lowest BCUT2D eigenvalue weighted by molar-refractivity contribution is -0.105. The molecular weight excluding hydrogens is 316 g/mol. The van der Waals surface area contributed by atoms with Crippen LogP contribution in [-0.2, 0) is 4.79 Å². The molecule has 25 heavy (non-hydrogen) atoms. The molecule has 0 unspecified atom stereocenters. The van der Waals surface area contributed by atoms with Gasteiger partial charge >= 0.3 is 0 Å². The molecule has 1 aliphatic heterocycles. The van der Waals surface area contributed by atoms with E-state index in [0.29, 0.717) is 36.2 Å². The highest BCUT2D eigenvalue weighted by Gasteiger charge is 2.31. The van der Waals surface area contributed by atoms with E-state index in [1.54, 1.807) is 29.2 Å². The molecule has 2 amide bonds. The first-order chi connectivity index (χ1) is 12.2. The zero-order valence-corrected chi connectivity index (χ0v) is 13.9. The smallest absolute Gasteiger partial charge is 0.254 e. The molecule has 1 aliphatic rings. The predicted molar refractivity (Wildman–Crippen MR) is 95.6 cm³/mol. The molecule has 5 nitrogen and oxygen atoms in total. The van der Waals surface area contributed by atoms with E-state index < -0.39 is 0 Å². The molecule has 1 fully saturated rings. The lowest BCUT2D eigenvalue weighted by Gasteiger charge is -2.24. The van der Waals surface area contributed by atoms with E-state index in [4.69, 9.17) is 0 Å². The zero-order valence-electron chi connectivity index (χ0n) is 13.9. The van der Waals surface area contributed by atoms with Crippen LogP contribution in [0, 0.1) is 0 Å². The number of Topliss-reactive ketones (excluding diaryl/α,β-unsaturated/α-hetero) is 1. The first-order valence-electron chi connectivity index (χ1n) is 8.38. The van der Waals surface area contributed by atoms with Crippen molar-refractivity contribution in [3.8, 4) is 0 Å². The van der Waals surface area contributed by atoms with Gasteiger partial charge in [0, 0.05) is 35.8 Å². The quantitative estimate of drug-likeness (QED) is 0.651. The monoisotopic (exact) mass is 336 g/mol. The molecule has 1 saturated heterocycles. The summed E-state index contributed by atoms with van der Waals surface area (Å²) >= 11 is 0. The highest BCUT2D eigenvalue weighted by molar-refractivity contribution is 5.98. The van der Waals surface area contributed by atoms with Gasteiger partial charge in [-0.3, -0.25) is 14.4 Å². The van der Waals surface area contributed by atoms with Crippen LogP contribution in [0.25, 0.3) is 0 Å². The van der Waals surface area contributed by atoms with Crippen molar-refractivity contribution in [3.05, 3.63) is 65.7 Å². The van der Waals surface area contributed by atoms with Crippen molar-refractivity contribution in [3.63, 3.8) is 0 Å². The fourth-order valence-corrected chi connectivity index (χ4v) is 3.21. The van der Waals surface area contributed by atoms with E-state index in [-0.39, 0.29) is 17.7 Å². The maximum atomic E-state index is 12.8. The van der Waals surface area contributed by atoms with Crippen LogP contribution >= 0.6 is 0 Å². The number of carbonyl (C=O) groups is 3. The fourth-order valence-electron chi connectivity index (χ4n) is 3.21. The Bertz CT molecular complexity index is 756. The Labute approximate surface area is 146 Å². The Kier molecular flexibility index (Phi) is 5.23. The van der Waals surface area contributed by atoms with Crippen molar-refractivity contribution in [1.82, 2.24) is 4.90 Å². The second-order valence-corrected chi connectivity index (χ2v) is 6.13. The number of benzene rings is 2. The molecule has 0 aliphatic carbocycles. The second kappa shape index (κ2) is 7.75. The Morgan fingerprint density at radius 2 is 1.76 bits per heavy atom. The van der Waals surface area contributed by atoms with E-state index >= 15 is 0 Å². The van der Waals surface area contributed by atoms with Crippen LogP contribution in [0.15, 0.2) is 54.6 Å². The lowest BCUT2D eigenvalue weighted by atomic mass is 10.0. The first kappa shape index (κ1) is 16.9. The van der Waals surface area contributed by atoms with Gasteiger partial charge in [0.1, 0.15) is 0 Å². The van der Waals surface area contributed by atoms with Crippen LogP contribution in [0.4, 0.5) is 5.69 Å². The molecule has 1 heterocycles. The lowest BCUT2D eigenvalue weighted by Crippen LogP contribution is -2.36. The summed E-state index contributed by atoms with van der Waals surface area (Å²) in [6, 6.07) is 15.9. The van der Waals surface area contributed by atoms with Crippen molar-refractivity contribution in [2.75, 3.05) is 11.9 Å². The van der Waals surface area contributed by atoms with Gasteiger partial charge in [-0.25, -0.2) is 0 Å². The second-order valence-electron chi connectivity index (χ2n) is 6.13. The van der Waals surface area contributed by atoms with E-state index in [1.807, 2.05) is 30.3 Å². The summed E-state index contributed by atoms with van der Waals surface area (Å²) in [6.07, 6.45) is 2.70. The standard InChI is InChI=1S/C20H20N2O3/c23-14-21-17-10-8-16(9-11-17)20(25)22-12-4-7-18(22)13-19(24)15-5-2-1-3-6-15/h1-3,5-6,8-11,14,18H,4,7,12-13H2,(H,21,23)/t18-/m1/s1. The van der Waals surface area contributed by atoms with Gasteiger partial charge in [-0.15, -0.1) is 0 Å². The summed E-state index contributed by atoms with van der Waals surface area (Å²) in [7, 11) is 0. The summed E-state index contributed by atoms with van der Waals surface area (Å²) in [4.78, 5) is 37.5. The summed E-state index contributed by atoms with van der Waals surface area (Å²) in [5, 5.41) is 2.55. The van der Waals surface area contributed by atoms with Gasteiger partial charge in [-0.1, -0.05) is 30.3 Å². The fraction of sp³-hybridized carbons (Fsp3) is 0.250. The number of amides is 2. The molecule has 0 bridgehead atoms. The van der Waals surface area contributed by atoms with Crippen LogP contribution in [0.2, 0.25) is 0 Å². The van der Waals surface area contributed by atoms with Gasteiger partial charge in [0.25, 0.3) is 5.91 Å². The minimum Gasteiger partial charge on any atom is -0.335 e. The Balaban J connectivity index is 1.69. The third kappa shape index (κ3) is 3.94. The third-order valence-electron chi connectivity index (χ3n) is 4.51. The molecule has 0 radical (unpaired) electrons. The van der Waals surface area contributed by atoms with Crippen molar-refractivity contribution < 1.29 is 14.4 Å². The predicted octanol–water partition coefficient (Wildman–Crippen LogP) is 3.13. The van der Waals surface area contributed by atoms with E-state index in [9.17, 15) is 14.4 Å². The molecule has 2 aromatic carbocycles. The zero-order chi connectivity index (χ0) is 17.6. The molecule has 0 saturated carbocycles. The minimum atomic E-state index is -0.0685. The summed E-state index contributed by atoms with van der Waals surface area (Å²) in [5.74, 6) is -0.00292. The number of ketones is 1. The molecule has 128 valence electrons. The van der Waals surface area contributed by atoms with Gasteiger partial charge in [0.05, 0.1) is 0 Å². The van der Waals surface area contributed by atoms with Crippen molar-refractivity contribution >= 4 is 23.8 Å². The number of hydrogen-bond donors (Lipinski definition) is 1. The van der Waals surface area contributed by atoms with Gasteiger partial charge in [0.15, 0.2) is 5.78 Å². The number of likely N-dealkylation sites (tertiary alicyclic amines) is 1. The van der Waals surface area contributed by atoms with Crippen LogP contribution < -0.4 is 5.32 Å². The van der Waals surface area contributed by atoms with Gasteiger partial charge < -0.3 is 10.2 Å². The highest BCUT2D eigenvalue weighted by atomic mass is 16.2. The van der Waals surface area contributed by atoms with Gasteiger partial charge in [-0.2, -0.15) is 0 Å². The molecule has 0 spiro atoms. The third-order valence-corrected chi connectivity index (χ3v) is 4.51. The first-order valence-corrected chi connectivity index (χ1v) is 8.38. The number of nitrogens with zero attached hydrogens (tertiary/aromatic N) is 1. The Morgan fingerprint density at radius 1 is 1.04 bits per heavy atom. The van der Waals surface area contributed by atoms with Crippen molar-refractivity contribution in [1.29, 1.82) is 0 Å². The maximum Gasteiger partial charge on any atom is 0.254 e. The van der Waals surface area contributed by atoms with Gasteiger partial charge in [-0.05, 0) is 37.1 Å². The number of hydrogen-bond acceptors (Lipinski definition) is 3. The summed E-state index contributed by atoms with van der Waals surface area (Å²) in [6.45, 7) is 0.667. The van der Waals surface area contributed by atoms with E-state index in [0.717, 1.165) is 12.8 Å². The molecular formula is C20H20N2O3. The average Bonchev–Trinajstić information content (AvgIpc) is 3.11. The van der Waals surface area contributed by atoms with Crippen LogP contribution in [0.5, 0.6) is 0 Å². The molecule has 5 heteroatoms. The highest BCUT2D eigenvalue weighted by Crippen LogP contribution is 2.24. The molecule has 0 aromatic heterocycles. The number of carbonyl (C=O) groups excluding carboxylic acids is 3. The van der Waals surface area contributed by atoms with E-state index in [1.165, 1.54) is 0 Å². The molecule has 1 atom stereocenters. The number of nitrogens with one attached hydrogen (secondary N) is 1. The Morgan fingerprint density at radius 3 is 2.44 bits per heavy atom. The summed E-state index contributed by atoms with van der Waals surface area (Å²) in [5.41, 5.74) is 1.89. The minimum absolute atomic E-state index is 0.0621. The van der Waals surface area contributed by atoms with Crippen molar-refractivity contribution in [2.24, 2.45) is 0 Å². The Hall–Kier alpha value is -2.95. The number of anilines is 1. The topological polar surface area (TPSA) is 66.5 Å².